The van der Waals surface area contributed by atoms with E-state index in [-0.39, 0.29) is 10.8 Å². The Bertz CT molecular complexity index is 816. The van der Waals surface area contributed by atoms with Gasteiger partial charge in [-0.25, -0.2) is 8.42 Å². The van der Waals surface area contributed by atoms with Crippen molar-refractivity contribution in [3.8, 4) is 0 Å². The van der Waals surface area contributed by atoms with Crippen LogP contribution in [0.15, 0.2) is 53.4 Å². The van der Waals surface area contributed by atoms with Gasteiger partial charge in [0, 0.05) is 18.7 Å². The minimum Gasteiger partial charge on any atom is -0.321 e. The second kappa shape index (κ2) is 7.79. The Morgan fingerprint density at radius 2 is 1.62 bits per heavy atom. The molecule has 0 bridgehead atoms. The summed E-state index contributed by atoms with van der Waals surface area (Å²) < 4.78 is 26.2. The van der Waals surface area contributed by atoms with Crippen LogP contribution in [0.25, 0.3) is 0 Å². The van der Waals surface area contributed by atoms with Crippen molar-refractivity contribution in [2.75, 3.05) is 18.4 Å². The Labute approximate surface area is 147 Å². The van der Waals surface area contributed by atoms with Gasteiger partial charge in [0.25, 0.3) is 5.91 Å². The topological polar surface area (TPSA) is 66.5 Å². The number of anilines is 1. The third kappa shape index (κ3) is 3.95. The summed E-state index contributed by atoms with van der Waals surface area (Å²) in [6.45, 7) is 4.36. The van der Waals surface area contributed by atoms with Gasteiger partial charge in [0.15, 0.2) is 0 Å². The number of rotatable bonds is 6. The fraction of sp³-hybridized carbons (Fsp3) is 0.235. The van der Waals surface area contributed by atoms with Crippen LogP contribution in [0.3, 0.4) is 0 Å². The van der Waals surface area contributed by atoms with Gasteiger partial charge in [0.1, 0.15) is 0 Å². The van der Waals surface area contributed by atoms with Gasteiger partial charge in [-0.2, -0.15) is 4.31 Å². The molecule has 0 heterocycles. The maximum absolute atomic E-state index is 12.4. The fourth-order valence-corrected chi connectivity index (χ4v) is 3.89. The van der Waals surface area contributed by atoms with Crippen LogP contribution in [0.4, 0.5) is 5.69 Å². The van der Waals surface area contributed by atoms with Gasteiger partial charge in [-0.1, -0.05) is 37.6 Å². The molecule has 2 aromatic carbocycles. The van der Waals surface area contributed by atoms with Crippen molar-refractivity contribution < 1.29 is 13.2 Å². The molecular formula is C17H19ClN2O3S. The van der Waals surface area contributed by atoms with Gasteiger partial charge >= 0.3 is 0 Å². The van der Waals surface area contributed by atoms with Gasteiger partial charge in [-0.3, -0.25) is 4.79 Å². The summed E-state index contributed by atoms with van der Waals surface area (Å²) >= 11 is 6.01. The molecule has 0 saturated heterocycles. The molecule has 0 unspecified atom stereocenters. The van der Waals surface area contributed by atoms with Crippen molar-refractivity contribution in [3.63, 3.8) is 0 Å². The standard InChI is InChI=1S/C17H19ClN2O3S/c1-3-20(4-2)24(22,23)14-11-9-13(10-12-14)17(21)19-16-8-6-5-7-15(16)18/h5-12H,3-4H2,1-2H3,(H,19,21). The molecule has 0 spiro atoms. The highest BCUT2D eigenvalue weighted by Gasteiger charge is 2.21. The molecule has 5 nitrogen and oxygen atoms in total. The summed E-state index contributed by atoms with van der Waals surface area (Å²) in [4.78, 5) is 12.4. The molecule has 0 fully saturated rings. The van der Waals surface area contributed by atoms with Crippen LogP contribution in [0.1, 0.15) is 24.2 Å². The minimum atomic E-state index is -3.53. The van der Waals surface area contributed by atoms with Crippen molar-refractivity contribution in [1.29, 1.82) is 0 Å². The largest absolute Gasteiger partial charge is 0.321 e. The first kappa shape index (κ1) is 18.4. The molecule has 2 aromatic rings. The molecule has 2 rings (SSSR count). The van der Waals surface area contributed by atoms with Crippen molar-refractivity contribution >= 4 is 33.2 Å². The van der Waals surface area contributed by atoms with E-state index in [0.29, 0.717) is 29.4 Å². The molecule has 24 heavy (non-hydrogen) atoms. The SMILES string of the molecule is CCN(CC)S(=O)(=O)c1ccc(C(=O)Nc2ccccc2Cl)cc1. The lowest BCUT2D eigenvalue weighted by Gasteiger charge is -2.18. The van der Waals surface area contributed by atoms with Crippen LogP contribution in [0.2, 0.25) is 5.02 Å². The van der Waals surface area contributed by atoms with Crippen molar-refractivity contribution in [1.82, 2.24) is 4.31 Å². The van der Waals surface area contributed by atoms with E-state index in [9.17, 15) is 13.2 Å². The zero-order valence-electron chi connectivity index (χ0n) is 13.5. The van der Waals surface area contributed by atoms with Gasteiger partial charge in [-0.15, -0.1) is 0 Å². The number of hydrogen-bond acceptors (Lipinski definition) is 3. The number of carbonyl (C=O) groups excluding carboxylic acids is 1. The highest BCUT2D eigenvalue weighted by molar-refractivity contribution is 7.89. The fourth-order valence-electron chi connectivity index (χ4n) is 2.25. The quantitative estimate of drug-likeness (QED) is 0.849. The van der Waals surface area contributed by atoms with E-state index >= 15 is 0 Å². The van der Waals surface area contributed by atoms with Gasteiger partial charge in [0.2, 0.25) is 10.0 Å². The maximum Gasteiger partial charge on any atom is 0.255 e. The molecule has 0 aliphatic carbocycles. The Morgan fingerprint density at radius 3 is 2.17 bits per heavy atom. The lowest BCUT2D eigenvalue weighted by molar-refractivity contribution is 0.102. The molecule has 1 N–H and O–H groups in total. The van der Waals surface area contributed by atoms with E-state index in [2.05, 4.69) is 5.32 Å². The summed E-state index contributed by atoms with van der Waals surface area (Å²) in [5.41, 5.74) is 0.859. The number of halogens is 1. The number of benzene rings is 2. The summed E-state index contributed by atoms with van der Waals surface area (Å²) in [5.74, 6) is -0.352. The van der Waals surface area contributed by atoms with Crippen molar-refractivity contribution in [3.05, 3.63) is 59.1 Å². The van der Waals surface area contributed by atoms with Crippen LogP contribution >= 0.6 is 11.6 Å². The molecule has 0 aliphatic heterocycles. The third-order valence-electron chi connectivity index (χ3n) is 3.58. The second-order valence-electron chi connectivity index (χ2n) is 5.05. The Kier molecular flexibility index (Phi) is 5.99. The molecule has 0 aliphatic rings. The maximum atomic E-state index is 12.4. The monoisotopic (exact) mass is 366 g/mol. The van der Waals surface area contributed by atoms with Crippen LogP contribution in [-0.2, 0) is 10.0 Å². The van der Waals surface area contributed by atoms with Crippen LogP contribution in [0.5, 0.6) is 0 Å². The summed E-state index contributed by atoms with van der Waals surface area (Å²) in [5, 5.41) is 3.14. The number of nitrogens with zero attached hydrogens (tertiary/aromatic N) is 1. The average molecular weight is 367 g/mol. The average Bonchev–Trinajstić information content (AvgIpc) is 2.58. The number of para-hydroxylation sites is 1. The molecular weight excluding hydrogens is 348 g/mol. The minimum absolute atomic E-state index is 0.167. The van der Waals surface area contributed by atoms with Gasteiger partial charge in [-0.05, 0) is 36.4 Å². The summed E-state index contributed by atoms with van der Waals surface area (Å²) in [7, 11) is -3.53. The van der Waals surface area contributed by atoms with Crippen LogP contribution in [-0.4, -0.2) is 31.7 Å². The predicted molar refractivity (Wildman–Crippen MR) is 96.0 cm³/mol. The van der Waals surface area contributed by atoms with Gasteiger partial charge < -0.3 is 5.32 Å². The second-order valence-corrected chi connectivity index (χ2v) is 7.39. The van der Waals surface area contributed by atoms with E-state index in [4.69, 9.17) is 11.6 Å². The van der Waals surface area contributed by atoms with Crippen LogP contribution < -0.4 is 5.32 Å². The molecule has 0 radical (unpaired) electrons. The van der Waals surface area contributed by atoms with Crippen molar-refractivity contribution in [2.45, 2.75) is 18.7 Å². The number of carbonyl (C=O) groups is 1. The van der Waals surface area contributed by atoms with E-state index in [1.807, 2.05) is 0 Å². The normalized spacial score (nSPS) is 11.5. The Balaban J connectivity index is 2.20. The third-order valence-corrected chi connectivity index (χ3v) is 5.98. The smallest absolute Gasteiger partial charge is 0.255 e. The van der Waals surface area contributed by atoms with E-state index in [0.717, 1.165) is 0 Å². The first-order valence-corrected chi connectivity index (χ1v) is 9.38. The Morgan fingerprint density at radius 1 is 1.04 bits per heavy atom. The lowest BCUT2D eigenvalue weighted by Crippen LogP contribution is -2.30. The zero-order chi connectivity index (χ0) is 17.7. The number of sulfonamides is 1. The first-order chi connectivity index (χ1) is 11.4. The number of hydrogen-bond donors (Lipinski definition) is 1. The zero-order valence-corrected chi connectivity index (χ0v) is 15.1. The van der Waals surface area contributed by atoms with E-state index in [1.165, 1.54) is 28.6 Å². The lowest BCUT2D eigenvalue weighted by atomic mass is 10.2. The van der Waals surface area contributed by atoms with E-state index < -0.39 is 10.0 Å². The van der Waals surface area contributed by atoms with Crippen LogP contribution in [0, 0.1) is 0 Å². The molecule has 0 saturated carbocycles. The summed E-state index contributed by atoms with van der Waals surface area (Å²) in [6.07, 6.45) is 0. The molecule has 7 heteroatoms. The van der Waals surface area contributed by atoms with Gasteiger partial charge in [0.05, 0.1) is 15.6 Å². The predicted octanol–water partition coefficient (Wildman–Crippen LogP) is 3.62. The first-order valence-electron chi connectivity index (χ1n) is 7.56. The Hall–Kier alpha value is -1.89. The molecule has 1 amide bonds. The number of amides is 1. The van der Waals surface area contributed by atoms with Crippen molar-refractivity contribution in [2.24, 2.45) is 0 Å². The highest BCUT2D eigenvalue weighted by Crippen LogP contribution is 2.22. The molecule has 0 atom stereocenters. The van der Waals surface area contributed by atoms with E-state index in [1.54, 1.807) is 38.1 Å². The molecule has 128 valence electrons. The summed E-state index contributed by atoms with van der Waals surface area (Å²) in [6, 6.07) is 12.8. The highest BCUT2D eigenvalue weighted by atomic mass is 35.5. The number of nitrogens with one attached hydrogen (secondary N) is 1. The molecule has 0 aromatic heterocycles.